The van der Waals surface area contributed by atoms with E-state index in [-0.39, 0.29) is 22.6 Å². The molecule has 1 amide bonds. The first-order valence-electron chi connectivity index (χ1n) is 8.76. The molecule has 0 aliphatic rings. The number of amides is 1. The van der Waals surface area contributed by atoms with Crippen molar-refractivity contribution >= 4 is 40.9 Å². The molecule has 4 nitrogen and oxygen atoms in total. The summed E-state index contributed by atoms with van der Waals surface area (Å²) in [5.74, 6) is -1.23. The molecule has 0 aromatic heterocycles. The lowest BCUT2D eigenvalue weighted by Gasteiger charge is -2.22. The van der Waals surface area contributed by atoms with E-state index in [1.807, 2.05) is 13.8 Å². The van der Waals surface area contributed by atoms with Crippen LogP contribution in [0.15, 0.2) is 17.0 Å². The minimum Gasteiger partial charge on any atom is -0.465 e. The summed E-state index contributed by atoms with van der Waals surface area (Å²) in [5.41, 5.74) is -0.564. The molecule has 0 bridgehead atoms. The van der Waals surface area contributed by atoms with E-state index in [4.69, 9.17) is 16.3 Å². The fourth-order valence-electron chi connectivity index (χ4n) is 1.84. The van der Waals surface area contributed by atoms with Gasteiger partial charge in [0.25, 0.3) is 0 Å². The minimum absolute atomic E-state index is 0.0509. The number of nitrogens with one attached hydrogen (secondary N) is 1. The molecule has 0 saturated carbocycles. The third-order valence-corrected chi connectivity index (χ3v) is 5.71. The zero-order valence-electron chi connectivity index (χ0n) is 15.9. The number of hydrogen-bond donors (Lipinski definition) is 1. The van der Waals surface area contributed by atoms with Crippen molar-refractivity contribution in [2.75, 3.05) is 11.9 Å². The van der Waals surface area contributed by atoms with Gasteiger partial charge in [-0.3, -0.25) is 9.59 Å². The predicted octanol–water partition coefficient (Wildman–Crippen LogP) is 5.68. The summed E-state index contributed by atoms with van der Waals surface area (Å²) in [4.78, 5) is 24.8. The van der Waals surface area contributed by atoms with Gasteiger partial charge in [0.05, 0.1) is 17.3 Å². The fourth-order valence-corrected chi connectivity index (χ4v) is 3.03. The number of unbranched alkanes of at least 4 members (excludes halogenated alkanes) is 1. The molecule has 26 heavy (non-hydrogen) atoms. The maximum atomic E-state index is 14.2. The Hall–Kier alpha value is -1.27. The van der Waals surface area contributed by atoms with E-state index in [1.165, 1.54) is 17.8 Å². The lowest BCUT2D eigenvalue weighted by molar-refractivity contribution is -0.142. The maximum absolute atomic E-state index is 14.2. The summed E-state index contributed by atoms with van der Waals surface area (Å²) >= 11 is 7.28. The quantitative estimate of drug-likeness (QED) is 0.327. The van der Waals surface area contributed by atoms with Crippen LogP contribution in [0, 0.1) is 11.2 Å². The van der Waals surface area contributed by atoms with Gasteiger partial charge in [-0.2, -0.15) is 0 Å². The predicted molar refractivity (Wildman–Crippen MR) is 105 cm³/mol. The molecule has 1 rings (SSSR count). The Morgan fingerprint density at radius 2 is 2.00 bits per heavy atom. The average Bonchev–Trinajstić information content (AvgIpc) is 2.58. The molecule has 1 N–H and O–H groups in total. The van der Waals surface area contributed by atoms with Crippen LogP contribution in [0.4, 0.5) is 10.1 Å². The highest BCUT2D eigenvalue weighted by atomic mass is 35.5. The normalized spacial score (nSPS) is 12.6. The van der Waals surface area contributed by atoms with Crippen molar-refractivity contribution in [1.82, 2.24) is 0 Å². The van der Waals surface area contributed by atoms with E-state index in [9.17, 15) is 14.0 Å². The topological polar surface area (TPSA) is 55.4 Å². The zero-order chi connectivity index (χ0) is 19.9. The molecule has 1 aromatic rings. The molecule has 1 unspecified atom stereocenters. The molecule has 7 heteroatoms. The van der Waals surface area contributed by atoms with E-state index in [0.717, 1.165) is 18.9 Å². The number of rotatable bonds is 9. The molecule has 1 atom stereocenters. The zero-order valence-corrected chi connectivity index (χ0v) is 17.5. The standard InChI is InChI=1S/C19H27ClFNO3S/c1-6-8-9-25-17(23)12(3)26-16-11-15(14(21)10-13(16)20)22-18(24)19(4,5)7-2/h10-12H,6-9H2,1-5H3,(H,22,24). The van der Waals surface area contributed by atoms with E-state index in [2.05, 4.69) is 5.32 Å². The second-order valence-corrected chi connectivity index (χ2v) is 8.53. The molecule has 1 aromatic carbocycles. The van der Waals surface area contributed by atoms with Crippen molar-refractivity contribution in [2.24, 2.45) is 5.41 Å². The molecular formula is C19H27ClFNO3S. The third-order valence-electron chi connectivity index (χ3n) is 4.15. The van der Waals surface area contributed by atoms with Crippen molar-refractivity contribution in [3.8, 4) is 0 Å². The lowest BCUT2D eigenvalue weighted by atomic mass is 9.89. The summed E-state index contributed by atoms with van der Waals surface area (Å²) in [6, 6.07) is 2.61. The Kier molecular flexibility index (Phi) is 8.90. The summed E-state index contributed by atoms with van der Waals surface area (Å²) in [6.45, 7) is 9.58. The molecular weight excluding hydrogens is 377 g/mol. The summed E-state index contributed by atoms with van der Waals surface area (Å²) in [6.07, 6.45) is 2.37. The van der Waals surface area contributed by atoms with Crippen molar-refractivity contribution in [1.29, 1.82) is 0 Å². The molecule has 0 heterocycles. The first-order chi connectivity index (χ1) is 12.1. The van der Waals surface area contributed by atoms with Crippen LogP contribution < -0.4 is 5.32 Å². The van der Waals surface area contributed by atoms with Gasteiger partial charge in [0.1, 0.15) is 11.1 Å². The van der Waals surface area contributed by atoms with Crippen molar-refractivity contribution in [3.63, 3.8) is 0 Å². The van der Waals surface area contributed by atoms with Crippen molar-refractivity contribution in [3.05, 3.63) is 23.0 Å². The molecule has 0 fully saturated rings. The Morgan fingerprint density at radius 3 is 2.58 bits per heavy atom. The van der Waals surface area contributed by atoms with Gasteiger partial charge in [-0.1, -0.05) is 45.7 Å². The minimum atomic E-state index is -0.615. The van der Waals surface area contributed by atoms with Crippen molar-refractivity contribution < 1.29 is 18.7 Å². The number of halogens is 2. The van der Waals surface area contributed by atoms with E-state index in [1.54, 1.807) is 20.8 Å². The van der Waals surface area contributed by atoms with Crippen LogP contribution >= 0.6 is 23.4 Å². The van der Waals surface area contributed by atoms with Gasteiger partial charge in [0, 0.05) is 10.3 Å². The second-order valence-electron chi connectivity index (χ2n) is 6.74. The number of benzene rings is 1. The Balaban J connectivity index is 2.90. The highest BCUT2D eigenvalue weighted by Crippen LogP contribution is 2.35. The molecule has 0 aliphatic carbocycles. The SMILES string of the molecule is CCCCOC(=O)C(C)Sc1cc(NC(=O)C(C)(C)CC)c(F)cc1Cl. The fraction of sp³-hybridized carbons (Fsp3) is 0.579. The Bertz CT molecular complexity index is 652. The van der Waals surface area contributed by atoms with Crippen LogP contribution in [0.5, 0.6) is 0 Å². The lowest BCUT2D eigenvalue weighted by Crippen LogP contribution is -2.30. The van der Waals surface area contributed by atoms with Crippen LogP contribution in [0.2, 0.25) is 5.02 Å². The molecule has 146 valence electrons. The van der Waals surface area contributed by atoms with Gasteiger partial charge in [-0.25, -0.2) is 4.39 Å². The smallest absolute Gasteiger partial charge is 0.319 e. The van der Waals surface area contributed by atoms with Gasteiger partial charge in [0.15, 0.2) is 0 Å². The number of esters is 1. The number of thioether (sulfide) groups is 1. The number of carbonyl (C=O) groups excluding carboxylic acids is 2. The van der Waals surface area contributed by atoms with E-state index >= 15 is 0 Å². The molecule has 0 saturated heterocycles. The first kappa shape index (κ1) is 22.8. The summed E-state index contributed by atoms with van der Waals surface area (Å²) in [5, 5.41) is 2.30. The largest absolute Gasteiger partial charge is 0.465 e. The Morgan fingerprint density at radius 1 is 1.35 bits per heavy atom. The highest BCUT2D eigenvalue weighted by molar-refractivity contribution is 8.00. The van der Waals surface area contributed by atoms with Crippen molar-refractivity contribution in [2.45, 2.75) is 64.0 Å². The average molecular weight is 404 g/mol. The van der Waals surface area contributed by atoms with Crippen LogP contribution in [0.25, 0.3) is 0 Å². The third kappa shape index (κ3) is 6.47. The van der Waals surface area contributed by atoms with E-state index in [0.29, 0.717) is 17.9 Å². The van der Waals surface area contributed by atoms with Crippen LogP contribution in [0.3, 0.4) is 0 Å². The Labute approximate surface area is 164 Å². The van der Waals surface area contributed by atoms with Crippen LogP contribution in [-0.2, 0) is 14.3 Å². The van der Waals surface area contributed by atoms with Gasteiger partial charge in [-0.05, 0) is 31.9 Å². The summed E-state index contributed by atoms with van der Waals surface area (Å²) < 4.78 is 19.4. The maximum Gasteiger partial charge on any atom is 0.319 e. The second kappa shape index (κ2) is 10.2. The van der Waals surface area contributed by atoms with Crippen LogP contribution in [0.1, 0.15) is 53.9 Å². The highest BCUT2D eigenvalue weighted by Gasteiger charge is 2.26. The van der Waals surface area contributed by atoms with Gasteiger partial charge in [-0.15, -0.1) is 11.8 Å². The monoisotopic (exact) mass is 403 g/mol. The van der Waals surface area contributed by atoms with Gasteiger partial charge in [0.2, 0.25) is 5.91 Å². The van der Waals surface area contributed by atoms with Gasteiger partial charge >= 0.3 is 5.97 Å². The number of ether oxygens (including phenoxy) is 1. The van der Waals surface area contributed by atoms with Crippen LogP contribution in [-0.4, -0.2) is 23.7 Å². The molecule has 0 spiro atoms. The molecule has 0 aliphatic heterocycles. The van der Waals surface area contributed by atoms with Gasteiger partial charge < -0.3 is 10.1 Å². The number of hydrogen-bond acceptors (Lipinski definition) is 4. The van der Waals surface area contributed by atoms with E-state index < -0.39 is 16.5 Å². The number of carbonyl (C=O) groups is 2. The number of anilines is 1. The summed E-state index contributed by atoms with van der Waals surface area (Å²) in [7, 11) is 0. The molecule has 0 radical (unpaired) electrons. The first-order valence-corrected chi connectivity index (χ1v) is 10.0.